The number of urea groups is 1. The quantitative estimate of drug-likeness (QED) is 0.892. The third-order valence-corrected chi connectivity index (χ3v) is 3.30. The molecule has 0 spiro atoms. The summed E-state index contributed by atoms with van der Waals surface area (Å²) in [7, 11) is 1.62. The van der Waals surface area contributed by atoms with Crippen LogP contribution in [0.4, 0.5) is 14.9 Å². The van der Waals surface area contributed by atoms with Gasteiger partial charge in [0.05, 0.1) is 11.7 Å². The normalized spacial score (nSPS) is 17.5. The van der Waals surface area contributed by atoms with Crippen LogP contribution < -0.4 is 5.32 Å². The van der Waals surface area contributed by atoms with Crippen molar-refractivity contribution in [3.8, 4) is 0 Å². The van der Waals surface area contributed by atoms with Crippen molar-refractivity contribution in [2.24, 2.45) is 0 Å². The molecule has 6 nitrogen and oxygen atoms in total. The summed E-state index contributed by atoms with van der Waals surface area (Å²) < 4.78 is 19.0. The van der Waals surface area contributed by atoms with Crippen molar-refractivity contribution in [1.82, 2.24) is 4.90 Å². The maximum absolute atomic E-state index is 13.5. The number of carboxylic acid groups (broad SMARTS) is 1. The lowest BCUT2D eigenvalue weighted by atomic mass is 10.2. The highest BCUT2D eigenvalue weighted by Crippen LogP contribution is 2.16. The zero-order valence-corrected chi connectivity index (χ0v) is 11.6. The zero-order chi connectivity index (χ0) is 15.4. The smallest absolute Gasteiger partial charge is 0.338 e. The minimum atomic E-state index is -1.35. The van der Waals surface area contributed by atoms with E-state index in [4.69, 9.17) is 9.84 Å². The van der Waals surface area contributed by atoms with Crippen LogP contribution in [0.15, 0.2) is 18.2 Å². The van der Waals surface area contributed by atoms with Gasteiger partial charge >= 0.3 is 12.0 Å². The number of amides is 2. The summed E-state index contributed by atoms with van der Waals surface area (Å²) in [6.07, 6.45) is 1.94. The molecule has 1 heterocycles. The van der Waals surface area contributed by atoms with E-state index in [0.29, 0.717) is 13.2 Å². The van der Waals surface area contributed by atoms with Crippen LogP contribution in [-0.2, 0) is 4.74 Å². The molecule has 21 heavy (non-hydrogen) atoms. The van der Waals surface area contributed by atoms with Crippen molar-refractivity contribution in [2.45, 2.75) is 18.9 Å². The van der Waals surface area contributed by atoms with Gasteiger partial charge in [-0.05, 0) is 31.0 Å². The molecular formula is C14H17FN2O4. The Kier molecular flexibility index (Phi) is 4.74. The van der Waals surface area contributed by atoms with Crippen LogP contribution in [0.5, 0.6) is 0 Å². The molecular weight excluding hydrogens is 279 g/mol. The lowest BCUT2D eigenvalue weighted by Crippen LogP contribution is -2.37. The van der Waals surface area contributed by atoms with Gasteiger partial charge < -0.3 is 20.1 Å². The number of benzene rings is 1. The van der Waals surface area contributed by atoms with Gasteiger partial charge in [-0.15, -0.1) is 0 Å². The number of aromatic carboxylic acids is 1. The SMILES string of the molecule is CN(CC1CCCO1)C(=O)Nc1ccc(C(=O)O)c(F)c1. The standard InChI is InChI=1S/C14H17FN2O4/c1-17(8-10-3-2-6-21-10)14(20)16-9-4-5-11(13(18)19)12(15)7-9/h4-5,7,10H,2-3,6,8H2,1H3,(H,16,20)(H,18,19). The topological polar surface area (TPSA) is 78.9 Å². The average molecular weight is 296 g/mol. The molecule has 1 aromatic carbocycles. The summed E-state index contributed by atoms with van der Waals surface area (Å²) in [6, 6.07) is 3.06. The third-order valence-electron chi connectivity index (χ3n) is 3.30. The summed E-state index contributed by atoms with van der Waals surface area (Å²) in [6.45, 7) is 1.17. The molecule has 1 aliphatic heterocycles. The van der Waals surface area contributed by atoms with E-state index in [1.54, 1.807) is 7.05 Å². The maximum atomic E-state index is 13.5. The van der Waals surface area contributed by atoms with E-state index in [2.05, 4.69) is 5.32 Å². The van der Waals surface area contributed by atoms with Gasteiger partial charge in [-0.3, -0.25) is 0 Å². The van der Waals surface area contributed by atoms with E-state index in [-0.39, 0.29) is 11.8 Å². The summed E-state index contributed by atoms with van der Waals surface area (Å²) in [4.78, 5) is 24.1. The first kappa shape index (κ1) is 15.2. The van der Waals surface area contributed by atoms with Gasteiger partial charge in [-0.25, -0.2) is 14.0 Å². The van der Waals surface area contributed by atoms with Crippen molar-refractivity contribution in [3.63, 3.8) is 0 Å². The van der Waals surface area contributed by atoms with Gasteiger partial charge in [0.15, 0.2) is 0 Å². The molecule has 0 aromatic heterocycles. The highest BCUT2D eigenvalue weighted by atomic mass is 19.1. The van der Waals surface area contributed by atoms with Gasteiger partial charge in [0.1, 0.15) is 5.82 Å². The second kappa shape index (κ2) is 6.53. The fourth-order valence-electron chi connectivity index (χ4n) is 2.16. The molecule has 1 atom stereocenters. The van der Waals surface area contributed by atoms with Gasteiger partial charge in [0.2, 0.25) is 0 Å². The largest absolute Gasteiger partial charge is 0.478 e. The maximum Gasteiger partial charge on any atom is 0.338 e. The highest BCUT2D eigenvalue weighted by molar-refractivity contribution is 5.91. The van der Waals surface area contributed by atoms with Gasteiger partial charge in [-0.1, -0.05) is 0 Å². The highest BCUT2D eigenvalue weighted by Gasteiger charge is 2.20. The number of nitrogens with zero attached hydrogens (tertiary/aromatic N) is 1. The van der Waals surface area contributed by atoms with E-state index in [0.717, 1.165) is 25.0 Å². The first-order valence-corrected chi connectivity index (χ1v) is 6.64. The van der Waals surface area contributed by atoms with Crippen molar-refractivity contribution in [2.75, 3.05) is 25.5 Å². The number of halogens is 1. The van der Waals surface area contributed by atoms with Gasteiger partial charge in [0, 0.05) is 25.9 Å². The zero-order valence-electron chi connectivity index (χ0n) is 11.6. The number of nitrogens with one attached hydrogen (secondary N) is 1. The number of rotatable bonds is 4. The Morgan fingerprint density at radius 3 is 2.86 bits per heavy atom. The molecule has 1 aliphatic rings. The minimum Gasteiger partial charge on any atom is -0.478 e. The molecule has 1 saturated heterocycles. The Bertz CT molecular complexity index is 544. The molecule has 1 unspecified atom stereocenters. The van der Waals surface area contributed by atoms with E-state index < -0.39 is 23.4 Å². The van der Waals surface area contributed by atoms with E-state index in [9.17, 15) is 14.0 Å². The Morgan fingerprint density at radius 1 is 1.52 bits per heavy atom. The summed E-state index contributed by atoms with van der Waals surface area (Å²) in [5, 5.41) is 11.3. The van der Waals surface area contributed by atoms with Crippen LogP contribution in [0.1, 0.15) is 23.2 Å². The van der Waals surface area contributed by atoms with Gasteiger partial charge in [0.25, 0.3) is 0 Å². The Balaban J connectivity index is 1.95. The number of ether oxygens (including phenoxy) is 1. The minimum absolute atomic E-state index is 0.0341. The Hall–Kier alpha value is -2.15. The number of anilines is 1. The van der Waals surface area contributed by atoms with Gasteiger partial charge in [-0.2, -0.15) is 0 Å². The second-order valence-corrected chi connectivity index (χ2v) is 4.95. The fraction of sp³-hybridized carbons (Fsp3) is 0.429. The first-order valence-electron chi connectivity index (χ1n) is 6.64. The molecule has 114 valence electrons. The van der Waals surface area contributed by atoms with Crippen molar-refractivity contribution in [1.29, 1.82) is 0 Å². The fourth-order valence-corrected chi connectivity index (χ4v) is 2.16. The van der Waals surface area contributed by atoms with Crippen molar-refractivity contribution >= 4 is 17.7 Å². The van der Waals surface area contributed by atoms with Crippen LogP contribution in [0.25, 0.3) is 0 Å². The van der Waals surface area contributed by atoms with Crippen LogP contribution in [-0.4, -0.2) is 48.3 Å². The van der Waals surface area contributed by atoms with Crippen molar-refractivity contribution in [3.05, 3.63) is 29.6 Å². The van der Waals surface area contributed by atoms with E-state index >= 15 is 0 Å². The molecule has 2 rings (SSSR count). The number of likely N-dealkylation sites (N-methyl/N-ethyl adjacent to an activating group) is 1. The van der Waals surface area contributed by atoms with E-state index in [1.807, 2.05) is 0 Å². The third kappa shape index (κ3) is 3.91. The monoisotopic (exact) mass is 296 g/mol. The van der Waals surface area contributed by atoms with E-state index in [1.165, 1.54) is 11.0 Å². The molecule has 0 aliphatic carbocycles. The molecule has 7 heteroatoms. The lowest BCUT2D eigenvalue weighted by molar-refractivity contribution is 0.0692. The first-order chi connectivity index (χ1) is 9.97. The molecule has 2 N–H and O–H groups in total. The van der Waals surface area contributed by atoms with Crippen LogP contribution in [0.3, 0.4) is 0 Å². The van der Waals surface area contributed by atoms with Crippen molar-refractivity contribution < 1.29 is 23.8 Å². The molecule has 0 saturated carbocycles. The predicted octanol–water partition coefficient (Wildman–Crippen LogP) is 2.17. The Morgan fingerprint density at radius 2 is 2.29 bits per heavy atom. The predicted molar refractivity (Wildman–Crippen MR) is 74.0 cm³/mol. The summed E-state index contributed by atoms with van der Waals surface area (Å²) in [5.74, 6) is -2.23. The number of carbonyl (C=O) groups excluding carboxylic acids is 1. The molecule has 2 amide bonds. The number of carboxylic acids is 1. The summed E-state index contributed by atoms with van der Waals surface area (Å²) >= 11 is 0. The second-order valence-electron chi connectivity index (χ2n) is 4.95. The summed E-state index contributed by atoms with van der Waals surface area (Å²) in [5.41, 5.74) is -0.220. The molecule has 0 bridgehead atoms. The average Bonchev–Trinajstić information content (AvgIpc) is 2.91. The van der Waals surface area contributed by atoms with Crippen LogP contribution in [0, 0.1) is 5.82 Å². The van der Waals surface area contributed by atoms with Crippen LogP contribution in [0.2, 0.25) is 0 Å². The lowest BCUT2D eigenvalue weighted by Gasteiger charge is -2.21. The number of hydrogen-bond donors (Lipinski definition) is 2. The Labute approximate surface area is 121 Å². The number of carbonyl (C=O) groups is 2. The molecule has 1 fully saturated rings. The number of hydrogen-bond acceptors (Lipinski definition) is 3. The van der Waals surface area contributed by atoms with Crippen LogP contribution >= 0.6 is 0 Å². The molecule has 1 aromatic rings. The molecule has 0 radical (unpaired) electrons.